The monoisotopic (exact) mass is 420 g/mol. The van der Waals surface area contributed by atoms with E-state index in [0.717, 1.165) is 44.6 Å². The van der Waals surface area contributed by atoms with Gasteiger partial charge in [-0.2, -0.15) is 0 Å². The molecule has 1 N–H and O–H groups in total. The summed E-state index contributed by atoms with van der Waals surface area (Å²) in [5.74, 6) is 1.54. The molecule has 0 spiro atoms. The molecule has 1 fully saturated rings. The van der Waals surface area contributed by atoms with Crippen molar-refractivity contribution in [2.24, 2.45) is 0 Å². The second kappa shape index (κ2) is 11.8. The Labute approximate surface area is 180 Å². The lowest BCUT2D eigenvalue weighted by Crippen LogP contribution is -2.47. The molecule has 1 aliphatic rings. The van der Waals surface area contributed by atoms with Gasteiger partial charge in [-0.25, -0.2) is 0 Å². The third-order valence-electron chi connectivity index (χ3n) is 5.57. The van der Waals surface area contributed by atoms with E-state index in [1.807, 2.05) is 25.1 Å². The fraction of sp³-hybridized carbons (Fsp3) is 0.636. The van der Waals surface area contributed by atoms with Gasteiger partial charge < -0.3 is 19.7 Å². The lowest BCUT2D eigenvalue weighted by Gasteiger charge is -2.27. The van der Waals surface area contributed by atoms with Crippen molar-refractivity contribution in [3.8, 4) is 11.5 Å². The summed E-state index contributed by atoms with van der Waals surface area (Å²) >= 11 is 0. The van der Waals surface area contributed by atoms with Gasteiger partial charge in [-0.15, -0.1) is 0 Å². The number of hydrogen-bond acceptors (Lipinski definition) is 6. The number of benzene rings is 1. The number of nitrogens with zero attached hydrogens (tertiary/aromatic N) is 3. The maximum absolute atomic E-state index is 12.6. The summed E-state index contributed by atoms with van der Waals surface area (Å²) < 4.78 is 10.6. The molecule has 1 aromatic rings. The van der Waals surface area contributed by atoms with Crippen LogP contribution in [0.5, 0.6) is 11.5 Å². The van der Waals surface area contributed by atoms with Gasteiger partial charge in [0.05, 0.1) is 26.8 Å². The molecule has 1 atom stereocenters. The van der Waals surface area contributed by atoms with Crippen LogP contribution in [-0.4, -0.2) is 100 Å². The van der Waals surface area contributed by atoms with Crippen molar-refractivity contribution in [1.29, 1.82) is 0 Å². The van der Waals surface area contributed by atoms with Crippen molar-refractivity contribution in [2.45, 2.75) is 25.8 Å². The van der Waals surface area contributed by atoms with Crippen LogP contribution in [0.2, 0.25) is 0 Å². The largest absolute Gasteiger partial charge is 0.493 e. The highest BCUT2D eigenvalue weighted by Gasteiger charge is 2.24. The predicted octanol–water partition coefficient (Wildman–Crippen LogP) is 0.847. The molecule has 8 heteroatoms. The Morgan fingerprint density at radius 1 is 1.10 bits per heavy atom. The first-order valence-corrected chi connectivity index (χ1v) is 10.5. The van der Waals surface area contributed by atoms with Crippen molar-refractivity contribution in [3.63, 3.8) is 0 Å². The maximum Gasteiger partial charge on any atom is 0.237 e. The van der Waals surface area contributed by atoms with Gasteiger partial charge in [0.25, 0.3) is 0 Å². The van der Waals surface area contributed by atoms with Gasteiger partial charge in [-0.3, -0.25) is 19.4 Å². The zero-order chi connectivity index (χ0) is 22.1. The molecular weight excluding hydrogens is 384 g/mol. The fourth-order valence-electron chi connectivity index (χ4n) is 3.55. The lowest BCUT2D eigenvalue weighted by molar-refractivity contribution is -0.130. The number of carbonyl (C=O) groups excluding carboxylic acids is 2. The van der Waals surface area contributed by atoms with Crippen LogP contribution in [0, 0.1) is 0 Å². The van der Waals surface area contributed by atoms with E-state index in [1.165, 1.54) is 0 Å². The summed E-state index contributed by atoms with van der Waals surface area (Å²) in [7, 11) is 6.78. The van der Waals surface area contributed by atoms with Gasteiger partial charge >= 0.3 is 0 Å². The summed E-state index contributed by atoms with van der Waals surface area (Å²) in [5.41, 5.74) is 1.08. The first-order chi connectivity index (χ1) is 14.3. The minimum atomic E-state index is -0.195. The van der Waals surface area contributed by atoms with E-state index < -0.39 is 0 Å². The number of rotatable bonds is 9. The van der Waals surface area contributed by atoms with E-state index in [-0.39, 0.29) is 17.9 Å². The van der Waals surface area contributed by atoms with E-state index in [0.29, 0.717) is 24.6 Å². The van der Waals surface area contributed by atoms with Gasteiger partial charge in [0, 0.05) is 40.3 Å². The van der Waals surface area contributed by atoms with Gasteiger partial charge in [0.1, 0.15) is 0 Å². The summed E-state index contributed by atoms with van der Waals surface area (Å²) in [4.78, 5) is 30.6. The van der Waals surface area contributed by atoms with Crippen molar-refractivity contribution in [2.75, 3.05) is 67.6 Å². The van der Waals surface area contributed by atoms with Crippen molar-refractivity contribution in [1.82, 2.24) is 20.0 Å². The summed E-state index contributed by atoms with van der Waals surface area (Å²) in [6.45, 7) is 6.27. The third kappa shape index (κ3) is 6.88. The minimum Gasteiger partial charge on any atom is -0.493 e. The molecule has 1 aromatic carbocycles. The Kier molecular flexibility index (Phi) is 9.39. The molecular formula is C22H36N4O4. The number of amides is 2. The van der Waals surface area contributed by atoms with Crippen LogP contribution in [0.1, 0.15) is 18.9 Å². The SMILES string of the molecule is COc1ccc(CCNC(=O)C(C)N2CCCN(CC(=O)N(C)C)CC2)cc1OC. The lowest BCUT2D eigenvalue weighted by atomic mass is 10.1. The van der Waals surface area contributed by atoms with Crippen molar-refractivity contribution < 1.29 is 19.1 Å². The van der Waals surface area contributed by atoms with Gasteiger partial charge in [0.15, 0.2) is 11.5 Å². The van der Waals surface area contributed by atoms with Crippen LogP contribution in [0.3, 0.4) is 0 Å². The molecule has 1 saturated heterocycles. The van der Waals surface area contributed by atoms with E-state index in [1.54, 1.807) is 33.2 Å². The number of nitrogens with one attached hydrogen (secondary N) is 1. The summed E-state index contributed by atoms with van der Waals surface area (Å²) in [6.07, 6.45) is 1.67. The fourth-order valence-corrected chi connectivity index (χ4v) is 3.55. The molecule has 0 radical (unpaired) electrons. The average molecular weight is 421 g/mol. The number of carbonyl (C=O) groups is 2. The molecule has 8 nitrogen and oxygen atoms in total. The van der Waals surface area contributed by atoms with E-state index >= 15 is 0 Å². The standard InChI is InChI=1S/C22H36N4O4/c1-17(26-12-6-11-25(13-14-26)16-21(27)24(2)3)22(28)23-10-9-18-7-8-19(29-4)20(15-18)30-5/h7-8,15,17H,6,9-14,16H2,1-5H3,(H,23,28). The van der Waals surface area contributed by atoms with Crippen LogP contribution in [-0.2, 0) is 16.0 Å². The predicted molar refractivity (Wildman–Crippen MR) is 117 cm³/mol. The smallest absolute Gasteiger partial charge is 0.237 e. The first kappa shape index (κ1) is 24.0. The Morgan fingerprint density at radius 2 is 1.83 bits per heavy atom. The topological polar surface area (TPSA) is 74.4 Å². The first-order valence-electron chi connectivity index (χ1n) is 10.5. The molecule has 0 aliphatic carbocycles. The molecule has 30 heavy (non-hydrogen) atoms. The van der Waals surface area contributed by atoms with Crippen LogP contribution in [0.4, 0.5) is 0 Å². The Bertz CT molecular complexity index is 710. The van der Waals surface area contributed by atoms with E-state index in [4.69, 9.17) is 9.47 Å². The van der Waals surface area contributed by atoms with Crippen molar-refractivity contribution in [3.05, 3.63) is 23.8 Å². The molecule has 0 aromatic heterocycles. The molecule has 1 aliphatic heterocycles. The maximum atomic E-state index is 12.6. The third-order valence-corrected chi connectivity index (χ3v) is 5.57. The molecule has 1 unspecified atom stereocenters. The Balaban J connectivity index is 1.79. The average Bonchev–Trinajstić information content (AvgIpc) is 2.98. The van der Waals surface area contributed by atoms with Crippen LogP contribution in [0.15, 0.2) is 18.2 Å². The van der Waals surface area contributed by atoms with Crippen LogP contribution >= 0.6 is 0 Å². The number of ether oxygens (including phenoxy) is 2. The molecule has 168 valence electrons. The van der Waals surface area contributed by atoms with Gasteiger partial charge in [-0.05, 0) is 44.0 Å². The molecule has 2 rings (SSSR count). The molecule has 0 bridgehead atoms. The highest BCUT2D eigenvalue weighted by molar-refractivity contribution is 5.81. The van der Waals surface area contributed by atoms with Gasteiger partial charge in [-0.1, -0.05) is 6.07 Å². The normalized spacial score (nSPS) is 16.4. The second-order valence-electron chi connectivity index (χ2n) is 7.86. The van der Waals surface area contributed by atoms with Crippen molar-refractivity contribution >= 4 is 11.8 Å². The highest BCUT2D eigenvalue weighted by Crippen LogP contribution is 2.27. The number of methoxy groups -OCH3 is 2. The summed E-state index contributed by atoms with van der Waals surface area (Å²) in [6, 6.07) is 5.60. The number of hydrogen-bond donors (Lipinski definition) is 1. The summed E-state index contributed by atoms with van der Waals surface area (Å²) in [5, 5.41) is 3.05. The Hall–Kier alpha value is -2.32. The van der Waals surface area contributed by atoms with Crippen LogP contribution < -0.4 is 14.8 Å². The quantitative estimate of drug-likeness (QED) is 0.638. The highest BCUT2D eigenvalue weighted by atomic mass is 16.5. The second-order valence-corrected chi connectivity index (χ2v) is 7.86. The Morgan fingerprint density at radius 3 is 2.50 bits per heavy atom. The number of likely N-dealkylation sites (N-methyl/N-ethyl adjacent to an activating group) is 1. The van der Waals surface area contributed by atoms with Crippen LogP contribution in [0.25, 0.3) is 0 Å². The zero-order valence-electron chi connectivity index (χ0n) is 18.9. The van der Waals surface area contributed by atoms with E-state index in [9.17, 15) is 9.59 Å². The van der Waals surface area contributed by atoms with E-state index in [2.05, 4.69) is 15.1 Å². The molecule has 0 saturated carbocycles. The zero-order valence-corrected chi connectivity index (χ0v) is 18.9. The molecule has 2 amide bonds. The molecule has 1 heterocycles. The minimum absolute atomic E-state index is 0.0355. The van der Waals surface area contributed by atoms with Gasteiger partial charge in [0.2, 0.25) is 11.8 Å².